The molecule has 0 aliphatic heterocycles. The van der Waals surface area contributed by atoms with Crippen molar-refractivity contribution in [1.29, 1.82) is 0 Å². The van der Waals surface area contributed by atoms with E-state index in [0.29, 0.717) is 62.4 Å². The highest BCUT2D eigenvalue weighted by Crippen LogP contribution is 2.34. The zero-order valence-electron chi connectivity index (χ0n) is 22.0. The van der Waals surface area contributed by atoms with Gasteiger partial charge in [0.25, 0.3) is 0 Å². The summed E-state index contributed by atoms with van der Waals surface area (Å²) >= 11 is 0. The van der Waals surface area contributed by atoms with Gasteiger partial charge in [-0.1, -0.05) is 32.9 Å². The first-order valence-corrected chi connectivity index (χ1v) is 12.7. The average Bonchev–Trinajstić information content (AvgIpc) is 3.50. The van der Waals surface area contributed by atoms with E-state index < -0.39 is 5.82 Å². The average molecular weight is 538 g/mol. The van der Waals surface area contributed by atoms with Crippen LogP contribution in [0.25, 0.3) is 55.8 Å². The molecule has 0 saturated heterocycles. The van der Waals surface area contributed by atoms with Crippen molar-refractivity contribution in [2.24, 2.45) is 5.41 Å². The van der Waals surface area contributed by atoms with Gasteiger partial charge in [-0.3, -0.25) is 14.9 Å². The number of nitrogens with one attached hydrogen (secondary N) is 3. The van der Waals surface area contributed by atoms with E-state index in [4.69, 9.17) is 0 Å². The van der Waals surface area contributed by atoms with E-state index in [-0.39, 0.29) is 17.1 Å². The molecule has 200 valence electrons. The molecule has 2 aromatic carbocycles. The molecular formula is C30H25F2N7O. The molecule has 10 heteroatoms. The van der Waals surface area contributed by atoms with Gasteiger partial charge in [0.15, 0.2) is 11.5 Å². The summed E-state index contributed by atoms with van der Waals surface area (Å²) in [6, 6.07) is 12.8. The van der Waals surface area contributed by atoms with Crippen molar-refractivity contribution in [3.63, 3.8) is 0 Å². The van der Waals surface area contributed by atoms with Crippen LogP contribution in [0, 0.1) is 17.0 Å². The molecule has 0 unspecified atom stereocenters. The van der Waals surface area contributed by atoms with Gasteiger partial charge < -0.3 is 10.3 Å². The Morgan fingerprint density at radius 2 is 1.85 bits per heavy atom. The molecule has 6 rings (SSSR count). The van der Waals surface area contributed by atoms with Crippen molar-refractivity contribution in [3.05, 3.63) is 78.8 Å². The predicted molar refractivity (Wildman–Crippen MR) is 150 cm³/mol. The zero-order valence-corrected chi connectivity index (χ0v) is 22.0. The number of pyridine rings is 2. The zero-order chi connectivity index (χ0) is 28.0. The van der Waals surface area contributed by atoms with Crippen LogP contribution in [0.5, 0.6) is 0 Å². The highest BCUT2D eigenvalue weighted by molar-refractivity contribution is 5.98. The van der Waals surface area contributed by atoms with Crippen molar-refractivity contribution in [2.75, 3.05) is 5.32 Å². The van der Waals surface area contributed by atoms with Gasteiger partial charge in [-0.25, -0.2) is 18.7 Å². The number of hydrogen-bond acceptors (Lipinski definition) is 5. The molecule has 0 fully saturated rings. The van der Waals surface area contributed by atoms with Crippen LogP contribution < -0.4 is 5.32 Å². The fraction of sp³-hybridized carbons (Fsp3) is 0.167. The van der Waals surface area contributed by atoms with Crippen molar-refractivity contribution in [2.45, 2.75) is 27.2 Å². The number of benzene rings is 2. The number of rotatable bonds is 5. The minimum absolute atomic E-state index is 0.143. The topological polar surface area (TPSA) is 112 Å². The summed E-state index contributed by atoms with van der Waals surface area (Å²) in [6.07, 6.45) is 5.02. The molecule has 8 nitrogen and oxygen atoms in total. The van der Waals surface area contributed by atoms with E-state index in [0.717, 1.165) is 5.56 Å². The van der Waals surface area contributed by atoms with Crippen LogP contribution in [0.1, 0.15) is 27.2 Å². The Kier molecular flexibility index (Phi) is 6.10. The summed E-state index contributed by atoms with van der Waals surface area (Å²) in [4.78, 5) is 28.9. The molecule has 0 bridgehead atoms. The third-order valence-corrected chi connectivity index (χ3v) is 6.43. The summed E-state index contributed by atoms with van der Waals surface area (Å²) < 4.78 is 29.2. The Hall–Kier alpha value is -4.99. The Balaban J connectivity index is 1.40. The minimum atomic E-state index is -0.470. The fourth-order valence-corrected chi connectivity index (χ4v) is 4.70. The summed E-state index contributed by atoms with van der Waals surface area (Å²) in [5.74, 6) is -0.531. The second-order valence-electron chi connectivity index (χ2n) is 10.9. The molecule has 4 aromatic heterocycles. The SMILES string of the molecule is CC(C)(C)CC(=O)Nc1cncc(-c2cc3c(-c4nc5nccc(-c6cccc(F)c6)c5[nH]4)n[nH]c3cc2F)c1. The van der Waals surface area contributed by atoms with Crippen LogP contribution >= 0.6 is 0 Å². The lowest BCUT2D eigenvalue weighted by Crippen LogP contribution is -2.19. The maximum Gasteiger partial charge on any atom is 0.224 e. The molecule has 0 aliphatic rings. The van der Waals surface area contributed by atoms with Gasteiger partial charge in [0.05, 0.1) is 22.9 Å². The first kappa shape index (κ1) is 25.3. The van der Waals surface area contributed by atoms with E-state index >= 15 is 4.39 Å². The molecule has 40 heavy (non-hydrogen) atoms. The van der Waals surface area contributed by atoms with Crippen LogP contribution in [-0.2, 0) is 4.79 Å². The molecule has 3 N–H and O–H groups in total. The van der Waals surface area contributed by atoms with Crippen LogP contribution in [0.3, 0.4) is 0 Å². The van der Waals surface area contributed by atoms with E-state index in [2.05, 4.69) is 35.5 Å². The number of hydrogen-bond donors (Lipinski definition) is 3. The minimum Gasteiger partial charge on any atom is -0.335 e. The number of H-pyrrole nitrogens is 2. The molecule has 0 atom stereocenters. The first-order valence-electron chi connectivity index (χ1n) is 12.7. The highest BCUT2D eigenvalue weighted by atomic mass is 19.1. The van der Waals surface area contributed by atoms with Crippen LogP contribution in [-0.4, -0.2) is 36.0 Å². The number of nitrogens with zero attached hydrogens (tertiary/aromatic N) is 4. The number of aromatic amines is 2. The molecule has 0 spiro atoms. The molecule has 6 aromatic rings. The van der Waals surface area contributed by atoms with E-state index in [1.165, 1.54) is 24.4 Å². The van der Waals surface area contributed by atoms with Gasteiger partial charge in [0, 0.05) is 47.0 Å². The smallest absolute Gasteiger partial charge is 0.224 e. The van der Waals surface area contributed by atoms with E-state index in [9.17, 15) is 9.18 Å². The maximum absolute atomic E-state index is 15.2. The van der Waals surface area contributed by atoms with Crippen molar-refractivity contribution in [3.8, 4) is 33.8 Å². The lowest BCUT2D eigenvalue weighted by Gasteiger charge is -2.17. The molecule has 0 aliphatic carbocycles. The normalized spacial score (nSPS) is 11.8. The Morgan fingerprint density at radius 3 is 2.65 bits per heavy atom. The summed E-state index contributed by atoms with van der Waals surface area (Å²) in [5.41, 5.74) is 4.55. The largest absolute Gasteiger partial charge is 0.335 e. The number of imidazole rings is 1. The molecule has 0 radical (unpaired) electrons. The second kappa shape index (κ2) is 9.64. The Morgan fingerprint density at radius 1 is 1.00 bits per heavy atom. The van der Waals surface area contributed by atoms with Gasteiger partial charge in [-0.15, -0.1) is 0 Å². The first-order chi connectivity index (χ1) is 19.1. The van der Waals surface area contributed by atoms with Gasteiger partial charge >= 0.3 is 0 Å². The van der Waals surface area contributed by atoms with E-state index in [1.807, 2.05) is 26.8 Å². The Labute approximate surface area is 227 Å². The number of anilines is 1. The lowest BCUT2D eigenvalue weighted by molar-refractivity contribution is -0.117. The van der Waals surface area contributed by atoms with Gasteiger partial charge in [-0.05, 0) is 41.3 Å². The van der Waals surface area contributed by atoms with Gasteiger partial charge in [0.1, 0.15) is 17.3 Å². The third kappa shape index (κ3) is 4.91. The van der Waals surface area contributed by atoms with Crippen molar-refractivity contribution < 1.29 is 13.6 Å². The standard InChI is InChI=1S/C30H25F2N7O/c1-30(2,3)13-25(40)35-19-10-17(14-33-15-19)21-11-22-24(12-23(21)32)38-39-27(22)29-36-26-20(7-8-34-28(26)37-29)16-5-4-6-18(31)9-16/h4-12,14-15H,13H2,1-3H3,(H,35,40)(H,38,39)(H,34,36,37). The molecule has 1 amide bonds. The predicted octanol–water partition coefficient (Wildman–Crippen LogP) is 6.88. The lowest BCUT2D eigenvalue weighted by atomic mass is 9.92. The number of amides is 1. The van der Waals surface area contributed by atoms with E-state index in [1.54, 1.807) is 36.7 Å². The number of aromatic nitrogens is 6. The third-order valence-electron chi connectivity index (χ3n) is 6.43. The molecule has 0 saturated carbocycles. The summed E-state index contributed by atoms with van der Waals surface area (Å²) in [6.45, 7) is 5.94. The van der Waals surface area contributed by atoms with Gasteiger partial charge in [-0.2, -0.15) is 5.10 Å². The highest BCUT2D eigenvalue weighted by Gasteiger charge is 2.19. The number of fused-ring (bicyclic) bond motifs is 2. The number of carbonyl (C=O) groups is 1. The fourth-order valence-electron chi connectivity index (χ4n) is 4.70. The molecular weight excluding hydrogens is 512 g/mol. The van der Waals surface area contributed by atoms with Gasteiger partial charge in [0.2, 0.25) is 5.91 Å². The summed E-state index contributed by atoms with van der Waals surface area (Å²) in [5, 5.41) is 10.7. The monoisotopic (exact) mass is 537 g/mol. The number of halogens is 2. The Bertz CT molecular complexity index is 1900. The van der Waals surface area contributed by atoms with Crippen molar-refractivity contribution >= 4 is 33.7 Å². The maximum atomic E-state index is 15.2. The van der Waals surface area contributed by atoms with Crippen LogP contribution in [0.15, 0.2) is 67.1 Å². The van der Waals surface area contributed by atoms with Crippen molar-refractivity contribution in [1.82, 2.24) is 30.1 Å². The second-order valence-corrected chi connectivity index (χ2v) is 10.9. The quantitative estimate of drug-likeness (QED) is 0.222. The van der Waals surface area contributed by atoms with Crippen LogP contribution in [0.4, 0.5) is 14.5 Å². The summed E-state index contributed by atoms with van der Waals surface area (Å²) in [7, 11) is 0. The van der Waals surface area contributed by atoms with Crippen LogP contribution in [0.2, 0.25) is 0 Å². The number of carbonyl (C=O) groups excluding carboxylic acids is 1. The molecule has 4 heterocycles.